The highest BCUT2D eigenvalue weighted by atomic mass is 35.5. The molecule has 0 saturated carbocycles. The fraction of sp³-hybridized carbons (Fsp3) is 0.222. The molecule has 1 aliphatic heterocycles. The van der Waals surface area contributed by atoms with Crippen molar-refractivity contribution in [2.45, 2.75) is 4.90 Å². The molecule has 1 amide bonds. The van der Waals surface area contributed by atoms with Crippen molar-refractivity contribution in [2.75, 3.05) is 26.3 Å². The zero-order valence-electron chi connectivity index (χ0n) is 15.5. The molecule has 0 unspecified atom stereocenters. The summed E-state index contributed by atoms with van der Waals surface area (Å²) in [6.07, 6.45) is 1.22. The molecule has 0 spiro atoms. The third-order valence-corrected chi connectivity index (χ3v) is 6.46. The minimum Gasteiger partial charge on any atom is -0.379 e. The van der Waals surface area contributed by atoms with Crippen LogP contribution in [0.3, 0.4) is 0 Å². The molecule has 1 heterocycles. The monoisotopic (exact) mass is 452 g/mol. The van der Waals surface area contributed by atoms with E-state index in [1.54, 1.807) is 0 Å². The van der Waals surface area contributed by atoms with Crippen molar-refractivity contribution >= 4 is 39.4 Å². The normalized spacial score (nSPS) is 15.2. The minimum atomic E-state index is -3.74. The van der Waals surface area contributed by atoms with E-state index in [9.17, 15) is 23.3 Å². The van der Waals surface area contributed by atoms with E-state index in [2.05, 4.69) is 10.5 Å². The second-order valence-corrected chi connectivity index (χ2v) is 8.56. The molecule has 3 rings (SSSR count). The Bertz CT molecular complexity index is 1100. The van der Waals surface area contributed by atoms with Gasteiger partial charge in [0.15, 0.2) is 0 Å². The van der Waals surface area contributed by atoms with Crippen LogP contribution in [-0.2, 0) is 14.8 Å². The van der Waals surface area contributed by atoms with Crippen LogP contribution < -0.4 is 5.43 Å². The number of hydrazone groups is 1. The van der Waals surface area contributed by atoms with Crippen LogP contribution in [0.15, 0.2) is 52.5 Å². The predicted molar refractivity (Wildman–Crippen MR) is 109 cm³/mol. The summed E-state index contributed by atoms with van der Waals surface area (Å²) in [7, 11) is -3.74. The fourth-order valence-electron chi connectivity index (χ4n) is 2.71. The molecule has 0 aliphatic carbocycles. The Labute approximate surface area is 177 Å². The zero-order chi connectivity index (χ0) is 21.7. The van der Waals surface area contributed by atoms with Gasteiger partial charge in [0.05, 0.1) is 29.2 Å². The van der Waals surface area contributed by atoms with Crippen LogP contribution in [0.5, 0.6) is 0 Å². The Balaban J connectivity index is 1.72. The van der Waals surface area contributed by atoms with Crippen molar-refractivity contribution < 1.29 is 22.9 Å². The maximum Gasteiger partial charge on any atom is 0.288 e. The first-order valence-electron chi connectivity index (χ1n) is 8.74. The van der Waals surface area contributed by atoms with Crippen molar-refractivity contribution in [3.63, 3.8) is 0 Å². The number of rotatable bonds is 6. The number of carbonyl (C=O) groups is 1. The second kappa shape index (κ2) is 9.30. The number of nitrogens with one attached hydrogen (secondary N) is 1. The van der Waals surface area contributed by atoms with E-state index in [0.29, 0.717) is 18.8 Å². The Morgan fingerprint density at radius 3 is 2.67 bits per heavy atom. The molecular formula is C18H17ClN4O6S. The molecule has 0 atom stereocenters. The zero-order valence-corrected chi connectivity index (χ0v) is 17.1. The minimum absolute atomic E-state index is 0.00523. The van der Waals surface area contributed by atoms with Gasteiger partial charge >= 0.3 is 0 Å². The highest BCUT2D eigenvalue weighted by Gasteiger charge is 2.26. The topological polar surface area (TPSA) is 131 Å². The summed E-state index contributed by atoms with van der Waals surface area (Å²) >= 11 is 5.75. The van der Waals surface area contributed by atoms with Crippen LogP contribution in [0.4, 0.5) is 5.69 Å². The highest BCUT2D eigenvalue weighted by Crippen LogP contribution is 2.24. The molecule has 30 heavy (non-hydrogen) atoms. The number of morpholine rings is 1. The number of halogens is 1. The number of nitro benzene ring substituents is 1. The van der Waals surface area contributed by atoms with Gasteiger partial charge in [-0.25, -0.2) is 13.8 Å². The number of ether oxygens (including phenoxy) is 1. The lowest BCUT2D eigenvalue weighted by atomic mass is 10.2. The molecule has 10 nitrogen and oxygen atoms in total. The molecule has 158 valence electrons. The average Bonchev–Trinajstić information content (AvgIpc) is 2.75. The molecule has 1 fully saturated rings. The molecule has 2 aromatic rings. The smallest absolute Gasteiger partial charge is 0.288 e. The van der Waals surface area contributed by atoms with E-state index in [0.717, 1.165) is 0 Å². The summed E-state index contributed by atoms with van der Waals surface area (Å²) in [5.41, 5.74) is 2.44. The predicted octanol–water partition coefficient (Wildman–Crippen LogP) is 2.03. The van der Waals surface area contributed by atoms with Gasteiger partial charge in [0, 0.05) is 30.3 Å². The summed E-state index contributed by atoms with van der Waals surface area (Å²) < 4.78 is 31.9. The molecule has 1 saturated heterocycles. The van der Waals surface area contributed by atoms with Crippen LogP contribution in [0.1, 0.15) is 15.9 Å². The first-order chi connectivity index (χ1) is 14.3. The third-order valence-electron chi connectivity index (χ3n) is 4.25. The van der Waals surface area contributed by atoms with Gasteiger partial charge < -0.3 is 4.74 Å². The second-order valence-electron chi connectivity index (χ2n) is 6.21. The molecule has 1 aliphatic rings. The fourth-order valence-corrected chi connectivity index (χ4v) is 4.35. The van der Waals surface area contributed by atoms with Crippen LogP contribution in [-0.4, -0.2) is 56.1 Å². The average molecular weight is 453 g/mol. The maximum atomic E-state index is 12.7. The SMILES string of the molecule is O=C(N/N=C\c1ccc(Cl)c([N+](=O)[O-])c1)c1cccc(S(=O)(=O)N2CCOCC2)c1. The lowest BCUT2D eigenvalue weighted by molar-refractivity contribution is -0.384. The van der Waals surface area contributed by atoms with Crippen molar-refractivity contribution in [1.82, 2.24) is 9.73 Å². The number of carbonyl (C=O) groups excluding carboxylic acids is 1. The van der Waals surface area contributed by atoms with Crippen LogP contribution in [0.25, 0.3) is 0 Å². The maximum absolute atomic E-state index is 12.7. The van der Waals surface area contributed by atoms with Crippen molar-refractivity contribution in [1.29, 1.82) is 0 Å². The Morgan fingerprint density at radius 2 is 1.97 bits per heavy atom. The molecule has 2 aromatic carbocycles. The van der Waals surface area contributed by atoms with E-state index in [-0.39, 0.29) is 34.3 Å². The lowest BCUT2D eigenvalue weighted by Crippen LogP contribution is -2.40. The van der Waals surface area contributed by atoms with Crippen LogP contribution >= 0.6 is 11.6 Å². The number of benzene rings is 2. The van der Waals surface area contributed by atoms with E-state index in [4.69, 9.17) is 16.3 Å². The lowest BCUT2D eigenvalue weighted by Gasteiger charge is -2.26. The van der Waals surface area contributed by atoms with Crippen molar-refractivity contribution in [3.8, 4) is 0 Å². The summed E-state index contributed by atoms with van der Waals surface area (Å²) in [4.78, 5) is 22.6. The molecule has 0 aromatic heterocycles. The number of hydrogen-bond donors (Lipinski definition) is 1. The van der Waals surface area contributed by atoms with Gasteiger partial charge in [-0.05, 0) is 24.3 Å². The Hall–Kier alpha value is -2.86. The van der Waals surface area contributed by atoms with Gasteiger partial charge in [0.25, 0.3) is 11.6 Å². The number of amides is 1. The number of sulfonamides is 1. The van der Waals surface area contributed by atoms with Gasteiger partial charge in [-0.15, -0.1) is 0 Å². The van der Waals surface area contributed by atoms with Gasteiger partial charge in [0.1, 0.15) is 5.02 Å². The van der Waals surface area contributed by atoms with E-state index in [1.807, 2.05) is 0 Å². The van der Waals surface area contributed by atoms with Crippen molar-refractivity contribution in [3.05, 3.63) is 68.7 Å². The molecular weight excluding hydrogens is 436 g/mol. The number of nitro groups is 1. The molecule has 0 bridgehead atoms. The van der Waals surface area contributed by atoms with Gasteiger partial charge in [-0.2, -0.15) is 9.41 Å². The van der Waals surface area contributed by atoms with E-state index >= 15 is 0 Å². The standard InChI is InChI=1S/C18H17ClN4O6S/c19-16-5-4-13(10-17(16)23(25)26)12-20-21-18(24)14-2-1-3-15(11-14)30(27,28)22-6-8-29-9-7-22/h1-5,10-12H,6-9H2,(H,21,24)/b20-12-. The first kappa shape index (κ1) is 21.8. The van der Waals surface area contributed by atoms with Gasteiger partial charge in [0.2, 0.25) is 10.0 Å². The summed E-state index contributed by atoms with van der Waals surface area (Å²) in [5, 5.41) is 14.7. The highest BCUT2D eigenvalue weighted by molar-refractivity contribution is 7.89. The number of hydrogen-bond acceptors (Lipinski definition) is 7. The molecule has 0 radical (unpaired) electrons. The number of nitrogens with zero attached hydrogens (tertiary/aromatic N) is 3. The summed E-state index contributed by atoms with van der Waals surface area (Å²) in [6.45, 7) is 1.13. The van der Waals surface area contributed by atoms with Gasteiger partial charge in [-0.1, -0.05) is 23.7 Å². The largest absolute Gasteiger partial charge is 0.379 e. The van der Waals surface area contributed by atoms with E-state index < -0.39 is 20.9 Å². The molecule has 1 N–H and O–H groups in total. The van der Waals surface area contributed by atoms with Crippen LogP contribution in [0.2, 0.25) is 5.02 Å². The van der Waals surface area contributed by atoms with Crippen molar-refractivity contribution in [2.24, 2.45) is 5.10 Å². The van der Waals surface area contributed by atoms with Crippen LogP contribution in [0, 0.1) is 10.1 Å². The summed E-state index contributed by atoms with van der Waals surface area (Å²) in [6, 6.07) is 9.67. The molecule has 12 heteroatoms. The Morgan fingerprint density at radius 1 is 1.23 bits per heavy atom. The third kappa shape index (κ3) is 5.00. The first-order valence-corrected chi connectivity index (χ1v) is 10.6. The van der Waals surface area contributed by atoms with Gasteiger partial charge in [-0.3, -0.25) is 14.9 Å². The van der Waals surface area contributed by atoms with E-state index in [1.165, 1.54) is 53.0 Å². The Kier molecular flexibility index (Phi) is 6.77. The summed E-state index contributed by atoms with van der Waals surface area (Å²) in [5.74, 6) is -0.631. The quantitative estimate of drug-likeness (QED) is 0.405.